The van der Waals surface area contributed by atoms with Crippen molar-refractivity contribution >= 4 is 17.1 Å². The summed E-state index contributed by atoms with van der Waals surface area (Å²) in [7, 11) is 0. The van der Waals surface area contributed by atoms with Gasteiger partial charge in [-0.05, 0) is 18.2 Å². The van der Waals surface area contributed by atoms with Gasteiger partial charge in [0, 0.05) is 23.3 Å². The van der Waals surface area contributed by atoms with Crippen molar-refractivity contribution in [3.8, 4) is 11.5 Å². The summed E-state index contributed by atoms with van der Waals surface area (Å²) < 4.78 is 5.40. The number of nitrogens with one attached hydrogen (secondary N) is 1. The van der Waals surface area contributed by atoms with Gasteiger partial charge in [0.1, 0.15) is 5.71 Å². The van der Waals surface area contributed by atoms with Crippen molar-refractivity contribution in [3.05, 3.63) is 106 Å². The van der Waals surface area contributed by atoms with E-state index in [1.165, 1.54) is 12.1 Å². The second-order valence-corrected chi connectivity index (χ2v) is 6.03. The van der Waals surface area contributed by atoms with Crippen molar-refractivity contribution in [2.24, 2.45) is 5.10 Å². The zero-order valence-corrected chi connectivity index (χ0v) is 15.1. The van der Waals surface area contributed by atoms with Crippen LogP contribution >= 0.6 is 0 Å². The summed E-state index contributed by atoms with van der Waals surface area (Å²) in [6.07, 6.45) is 0. The number of nitro benzene ring substituents is 1. The summed E-state index contributed by atoms with van der Waals surface area (Å²) >= 11 is 0. The molecule has 142 valence electrons. The SMILES string of the molecule is O=[N+]([O-])c1cccc(N/N=C(/c2ccccc2)c2noc(-c3ccccc3)n2)c1. The first-order valence-corrected chi connectivity index (χ1v) is 8.74. The molecule has 0 amide bonds. The monoisotopic (exact) mass is 385 g/mol. The van der Waals surface area contributed by atoms with Crippen LogP contribution in [0.3, 0.4) is 0 Å². The Labute approximate surface area is 165 Å². The lowest BCUT2D eigenvalue weighted by atomic mass is 10.1. The zero-order chi connectivity index (χ0) is 20.1. The van der Waals surface area contributed by atoms with E-state index < -0.39 is 4.92 Å². The summed E-state index contributed by atoms with van der Waals surface area (Å²) in [4.78, 5) is 15.0. The maximum Gasteiger partial charge on any atom is 0.271 e. The van der Waals surface area contributed by atoms with Gasteiger partial charge in [-0.3, -0.25) is 15.5 Å². The normalized spacial score (nSPS) is 11.2. The number of benzene rings is 3. The molecule has 0 fully saturated rings. The second kappa shape index (κ2) is 8.13. The highest BCUT2D eigenvalue weighted by Crippen LogP contribution is 2.20. The van der Waals surface area contributed by atoms with Gasteiger partial charge in [0.25, 0.3) is 11.6 Å². The van der Waals surface area contributed by atoms with E-state index in [-0.39, 0.29) is 5.69 Å². The third kappa shape index (κ3) is 4.16. The number of hydrogen-bond acceptors (Lipinski definition) is 7. The molecule has 0 radical (unpaired) electrons. The summed E-state index contributed by atoms with van der Waals surface area (Å²) in [6.45, 7) is 0. The fraction of sp³-hybridized carbons (Fsp3) is 0. The average Bonchev–Trinajstić information content (AvgIpc) is 3.25. The van der Waals surface area contributed by atoms with Crippen LogP contribution in [0.4, 0.5) is 11.4 Å². The topological polar surface area (TPSA) is 106 Å². The second-order valence-electron chi connectivity index (χ2n) is 6.03. The minimum Gasteiger partial charge on any atom is -0.334 e. The quantitative estimate of drug-likeness (QED) is 0.297. The van der Waals surface area contributed by atoms with E-state index in [1.54, 1.807) is 12.1 Å². The molecule has 0 saturated carbocycles. The molecule has 3 aromatic carbocycles. The molecule has 4 rings (SSSR count). The van der Waals surface area contributed by atoms with Crippen molar-refractivity contribution in [2.75, 3.05) is 5.43 Å². The number of hydrogen-bond donors (Lipinski definition) is 1. The molecule has 8 heteroatoms. The van der Waals surface area contributed by atoms with Gasteiger partial charge >= 0.3 is 0 Å². The molecule has 0 saturated heterocycles. The van der Waals surface area contributed by atoms with Crippen LogP contribution in [-0.4, -0.2) is 20.8 Å². The lowest BCUT2D eigenvalue weighted by Gasteiger charge is -2.05. The van der Waals surface area contributed by atoms with E-state index in [2.05, 4.69) is 20.7 Å². The highest BCUT2D eigenvalue weighted by Gasteiger charge is 2.16. The van der Waals surface area contributed by atoms with Gasteiger partial charge in [0.05, 0.1) is 10.6 Å². The number of nitrogens with zero attached hydrogens (tertiary/aromatic N) is 4. The fourth-order valence-electron chi connectivity index (χ4n) is 2.67. The molecule has 0 bridgehead atoms. The predicted octanol–water partition coefficient (Wildman–Crippen LogP) is 4.51. The highest BCUT2D eigenvalue weighted by molar-refractivity contribution is 6.10. The molecule has 0 atom stereocenters. The minimum atomic E-state index is -0.460. The molecule has 0 aliphatic carbocycles. The Morgan fingerprint density at radius 3 is 2.41 bits per heavy atom. The molecule has 4 aromatic rings. The van der Waals surface area contributed by atoms with E-state index in [4.69, 9.17) is 4.52 Å². The Hall–Kier alpha value is -4.33. The summed E-state index contributed by atoms with van der Waals surface area (Å²) in [5.41, 5.74) is 5.30. The van der Waals surface area contributed by atoms with Gasteiger partial charge in [-0.2, -0.15) is 10.1 Å². The van der Waals surface area contributed by atoms with Crippen LogP contribution in [0.25, 0.3) is 11.5 Å². The first kappa shape index (κ1) is 18.1. The molecule has 0 aliphatic heterocycles. The fourth-order valence-corrected chi connectivity index (χ4v) is 2.67. The molecule has 0 spiro atoms. The number of non-ortho nitro benzene ring substituents is 1. The minimum absolute atomic E-state index is 0.0302. The first-order valence-electron chi connectivity index (χ1n) is 8.74. The van der Waals surface area contributed by atoms with Crippen molar-refractivity contribution in [1.82, 2.24) is 10.1 Å². The Balaban J connectivity index is 1.70. The van der Waals surface area contributed by atoms with Crippen molar-refractivity contribution < 1.29 is 9.45 Å². The molecule has 8 nitrogen and oxygen atoms in total. The lowest BCUT2D eigenvalue weighted by Crippen LogP contribution is -2.08. The van der Waals surface area contributed by atoms with E-state index in [9.17, 15) is 10.1 Å². The van der Waals surface area contributed by atoms with Gasteiger partial charge in [-0.25, -0.2) is 0 Å². The average molecular weight is 385 g/mol. The largest absolute Gasteiger partial charge is 0.334 e. The molecule has 0 unspecified atom stereocenters. The van der Waals surface area contributed by atoms with E-state index >= 15 is 0 Å². The third-order valence-electron chi connectivity index (χ3n) is 4.06. The van der Waals surface area contributed by atoms with Crippen LogP contribution in [0.15, 0.2) is 94.6 Å². The molecular formula is C21H15N5O3. The molecule has 1 heterocycles. The summed E-state index contributed by atoms with van der Waals surface area (Å²) in [5, 5.41) is 19.4. The Bertz CT molecular complexity index is 1160. The van der Waals surface area contributed by atoms with Crippen molar-refractivity contribution in [2.45, 2.75) is 0 Å². The van der Waals surface area contributed by atoms with Crippen molar-refractivity contribution in [3.63, 3.8) is 0 Å². The summed E-state index contributed by atoms with van der Waals surface area (Å²) in [6, 6.07) is 24.9. The standard InChI is InChI=1S/C21H15N5O3/c27-26(28)18-13-7-12-17(14-18)23-24-19(15-8-3-1-4-9-15)20-22-21(29-25-20)16-10-5-2-6-11-16/h1-14,23H/b24-19-. The lowest BCUT2D eigenvalue weighted by molar-refractivity contribution is -0.384. The van der Waals surface area contributed by atoms with Crippen LogP contribution in [0, 0.1) is 10.1 Å². The van der Waals surface area contributed by atoms with Crippen LogP contribution in [0.1, 0.15) is 11.4 Å². The maximum atomic E-state index is 11.0. The zero-order valence-electron chi connectivity index (χ0n) is 15.1. The van der Waals surface area contributed by atoms with Gasteiger partial charge < -0.3 is 4.52 Å². The van der Waals surface area contributed by atoms with Crippen LogP contribution in [-0.2, 0) is 0 Å². The molecule has 0 aliphatic rings. The van der Waals surface area contributed by atoms with Crippen LogP contribution < -0.4 is 5.43 Å². The van der Waals surface area contributed by atoms with Crippen LogP contribution in [0.5, 0.6) is 0 Å². The number of nitro groups is 1. The molecule has 1 N–H and O–H groups in total. The Morgan fingerprint density at radius 1 is 0.966 bits per heavy atom. The molecule has 29 heavy (non-hydrogen) atoms. The number of hydrazone groups is 1. The Kier molecular flexibility index (Phi) is 5.06. The van der Waals surface area contributed by atoms with Gasteiger partial charge in [-0.1, -0.05) is 59.8 Å². The summed E-state index contributed by atoms with van der Waals surface area (Å²) in [5.74, 6) is 0.674. The van der Waals surface area contributed by atoms with Gasteiger partial charge in [0.2, 0.25) is 5.82 Å². The van der Waals surface area contributed by atoms with Crippen molar-refractivity contribution in [1.29, 1.82) is 0 Å². The van der Waals surface area contributed by atoms with E-state index in [0.29, 0.717) is 23.1 Å². The number of rotatable bonds is 6. The van der Waals surface area contributed by atoms with Gasteiger partial charge in [0.15, 0.2) is 0 Å². The first-order chi connectivity index (χ1) is 14.2. The van der Waals surface area contributed by atoms with Crippen LogP contribution in [0.2, 0.25) is 0 Å². The third-order valence-corrected chi connectivity index (χ3v) is 4.06. The predicted molar refractivity (Wildman–Crippen MR) is 109 cm³/mol. The maximum absolute atomic E-state index is 11.0. The molecular weight excluding hydrogens is 370 g/mol. The van der Waals surface area contributed by atoms with E-state index in [0.717, 1.165) is 11.1 Å². The smallest absolute Gasteiger partial charge is 0.271 e. The van der Waals surface area contributed by atoms with E-state index in [1.807, 2.05) is 60.7 Å². The Morgan fingerprint density at radius 2 is 1.69 bits per heavy atom. The number of anilines is 1. The highest BCUT2D eigenvalue weighted by atomic mass is 16.6. The van der Waals surface area contributed by atoms with Gasteiger partial charge in [-0.15, -0.1) is 0 Å². The molecule has 1 aromatic heterocycles. The number of aromatic nitrogens is 2.